The van der Waals surface area contributed by atoms with E-state index in [1.165, 1.54) is 0 Å². The van der Waals surface area contributed by atoms with E-state index in [9.17, 15) is 14.7 Å². The van der Waals surface area contributed by atoms with Crippen LogP contribution < -0.4 is 21.2 Å². The lowest BCUT2D eigenvalue weighted by Crippen LogP contribution is -2.46. The third-order valence-corrected chi connectivity index (χ3v) is 6.92. The van der Waals surface area contributed by atoms with Crippen molar-refractivity contribution in [2.45, 2.75) is 45.8 Å². The van der Waals surface area contributed by atoms with E-state index in [2.05, 4.69) is 27.5 Å². The lowest BCUT2D eigenvalue weighted by atomic mass is 9.90. The number of benzene rings is 1. The number of piperidine rings is 1. The average molecular weight is 516 g/mol. The molecular weight excluding hydrogens is 482 g/mol. The molecule has 194 valence electrons. The lowest BCUT2D eigenvalue weighted by Gasteiger charge is -2.35. The van der Waals surface area contributed by atoms with Gasteiger partial charge in [0.05, 0.1) is 28.7 Å². The molecule has 1 fully saturated rings. The van der Waals surface area contributed by atoms with Gasteiger partial charge in [-0.1, -0.05) is 18.5 Å². The highest BCUT2D eigenvalue weighted by molar-refractivity contribution is 6.32. The summed E-state index contributed by atoms with van der Waals surface area (Å²) in [6.45, 7) is 7.24. The zero-order valence-corrected chi connectivity index (χ0v) is 22.1. The fourth-order valence-electron chi connectivity index (χ4n) is 4.73. The minimum absolute atomic E-state index is 0.0191. The van der Waals surface area contributed by atoms with Crippen molar-refractivity contribution in [3.63, 3.8) is 0 Å². The van der Waals surface area contributed by atoms with Crippen LogP contribution in [0.3, 0.4) is 0 Å². The van der Waals surface area contributed by atoms with E-state index in [1.807, 2.05) is 23.1 Å². The number of amides is 1. The SMILES string of the molecule is CNC(=O)[C@H]1C[C@H](C)CN(c2ncc(Cl)c(Nc3ccc4c(c3)n(CCC(C)(C)O)c(=O)n4C)n2)C1. The summed E-state index contributed by atoms with van der Waals surface area (Å²) in [6.07, 6.45) is 2.82. The Hall–Kier alpha value is -3.11. The zero-order chi connectivity index (χ0) is 26.2. The predicted octanol–water partition coefficient (Wildman–Crippen LogP) is 2.90. The number of aromatic nitrogens is 4. The fraction of sp³-hybridized carbons (Fsp3) is 0.520. The first-order chi connectivity index (χ1) is 17.0. The van der Waals surface area contributed by atoms with Crippen molar-refractivity contribution in [1.82, 2.24) is 24.4 Å². The number of aliphatic hydroxyl groups is 1. The van der Waals surface area contributed by atoms with E-state index in [4.69, 9.17) is 11.6 Å². The van der Waals surface area contributed by atoms with Crippen LogP contribution in [-0.2, 0) is 18.4 Å². The Labute approximate surface area is 215 Å². The molecule has 0 unspecified atom stereocenters. The van der Waals surface area contributed by atoms with Crippen LogP contribution in [0, 0.1) is 11.8 Å². The fourth-order valence-corrected chi connectivity index (χ4v) is 4.87. The Bertz CT molecular complexity index is 1330. The van der Waals surface area contributed by atoms with Crippen LogP contribution >= 0.6 is 11.6 Å². The molecule has 36 heavy (non-hydrogen) atoms. The van der Waals surface area contributed by atoms with Crippen LogP contribution in [0.25, 0.3) is 11.0 Å². The number of nitrogens with one attached hydrogen (secondary N) is 2. The van der Waals surface area contributed by atoms with Crippen LogP contribution in [0.4, 0.5) is 17.5 Å². The largest absolute Gasteiger partial charge is 0.390 e. The molecule has 11 heteroatoms. The first-order valence-electron chi connectivity index (χ1n) is 12.1. The Balaban J connectivity index is 1.62. The number of carbonyl (C=O) groups excluding carboxylic acids is 1. The molecule has 2 atom stereocenters. The number of fused-ring (bicyclic) bond motifs is 1. The maximum atomic E-state index is 12.8. The number of hydrogen-bond donors (Lipinski definition) is 3. The Kier molecular flexibility index (Phi) is 7.28. The van der Waals surface area contributed by atoms with E-state index in [-0.39, 0.29) is 17.5 Å². The molecule has 0 radical (unpaired) electrons. The molecule has 3 aromatic rings. The van der Waals surface area contributed by atoms with Crippen LogP contribution in [0.5, 0.6) is 0 Å². The number of halogens is 1. The van der Waals surface area contributed by atoms with Crippen LogP contribution in [0.1, 0.15) is 33.6 Å². The van der Waals surface area contributed by atoms with Gasteiger partial charge in [0.25, 0.3) is 0 Å². The summed E-state index contributed by atoms with van der Waals surface area (Å²) in [6, 6.07) is 5.62. The Morgan fingerprint density at radius 3 is 2.72 bits per heavy atom. The number of anilines is 3. The van der Waals surface area contributed by atoms with Gasteiger partial charge in [0.2, 0.25) is 11.9 Å². The minimum atomic E-state index is -0.884. The molecule has 0 aliphatic carbocycles. The summed E-state index contributed by atoms with van der Waals surface area (Å²) in [4.78, 5) is 36.2. The number of rotatable bonds is 7. The number of carbonyl (C=O) groups is 1. The van der Waals surface area contributed by atoms with E-state index in [1.54, 1.807) is 43.3 Å². The maximum absolute atomic E-state index is 12.8. The van der Waals surface area contributed by atoms with Crippen molar-refractivity contribution in [3.05, 3.63) is 39.9 Å². The third kappa shape index (κ3) is 5.49. The van der Waals surface area contributed by atoms with Crippen molar-refractivity contribution in [1.29, 1.82) is 0 Å². The molecule has 0 saturated carbocycles. The number of imidazole rings is 1. The number of hydrogen-bond acceptors (Lipinski definition) is 7. The van der Waals surface area contributed by atoms with Gasteiger partial charge in [0.1, 0.15) is 5.02 Å². The summed E-state index contributed by atoms with van der Waals surface area (Å²) in [7, 11) is 3.39. The van der Waals surface area contributed by atoms with Gasteiger partial charge in [-0.2, -0.15) is 4.98 Å². The molecule has 1 saturated heterocycles. The molecule has 1 aliphatic heterocycles. The number of nitrogens with zero attached hydrogens (tertiary/aromatic N) is 5. The summed E-state index contributed by atoms with van der Waals surface area (Å²) >= 11 is 6.44. The molecule has 1 amide bonds. The second kappa shape index (κ2) is 10.1. The van der Waals surface area contributed by atoms with Crippen molar-refractivity contribution >= 4 is 46.0 Å². The van der Waals surface area contributed by atoms with E-state index < -0.39 is 5.60 Å². The van der Waals surface area contributed by atoms with Crippen LogP contribution in [0.2, 0.25) is 5.02 Å². The second-order valence-corrected chi connectivity index (χ2v) is 10.7. The molecule has 10 nitrogen and oxygen atoms in total. The maximum Gasteiger partial charge on any atom is 0.328 e. The molecule has 3 N–H and O–H groups in total. The quantitative estimate of drug-likeness (QED) is 0.443. The zero-order valence-electron chi connectivity index (χ0n) is 21.4. The van der Waals surface area contributed by atoms with E-state index in [0.29, 0.717) is 47.9 Å². The summed E-state index contributed by atoms with van der Waals surface area (Å²) in [5, 5.41) is 16.5. The van der Waals surface area contributed by atoms with Gasteiger partial charge in [-0.3, -0.25) is 13.9 Å². The van der Waals surface area contributed by atoms with Gasteiger partial charge < -0.3 is 20.6 Å². The van der Waals surface area contributed by atoms with Gasteiger partial charge in [0.15, 0.2) is 5.82 Å². The first-order valence-corrected chi connectivity index (χ1v) is 12.5. The van der Waals surface area contributed by atoms with Gasteiger partial charge in [-0.05, 0) is 50.8 Å². The lowest BCUT2D eigenvalue weighted by molar-refractivity contribution is -0.125. The predicted molar refractivity (Wildman–Crippen MR) is 142 cm³/mol. The Morgan fingerprint density at radius 1 is 1.28 bits per heavy atom. The average Bonchev–Trinajstić information content (AvgIpc) is 3.06. The standard InChI is InChI=1S/C25H34ClN7O3/c1-15-10-16(22(34)27-4)14-32(13-15)23-28-12-18(26)21(30-23)29-17-6-7-19-20(11-17)33(24(35)31(19)5)9-8-25(2,3)36/h6-7,11-12,15-16,36H,8-10,13-14H2,1-5H3,(H,27,34)(H,28,29,30)/t15-,16-/m0/s1. The van der Waals surface area contributed by atoms with Crippen molar-refractivity contribution < 1.29 is 9.90 Å². The smallest absolute Gasteiger partial charge is 0.328 e. The molecule has 3 heterocycles. The molecule has 4 rings (SSSR count). The molecule has 0 bridgehead atoms. The molecule has 0 spiro atoms. The minimum Gasteiger partial charge on any atom is -0.390 e. The van der Waals surface area contributed by atoms with E-state index in [0.717, 1.165) is 24.0 Å². The summed E-state index contributed by atoms with van der Waals surface area (Å²) < 4.78 is 3.26. The van der Waals surface area contributed by atoms with Gasteiger partial charge in [-0.15, -0.1) is 0 Å². The second-order valence-electron chi connectivity index (χ2n) is 10.3. The van der Waals surface area contributed by atoms with Crippen molar-refractivity contribution in [2.24, 2.45) is 18.9 Å². The van der Waals surface area contributed by atoms with Crippen molar-refractivity contribution in [3.8, 4) is 0 Å². The van der Waals surface area contributed by atoms with Crippen LogP contribution in [-0.4, -0.2) is 55.9 Å². The molecule has 1 aromatic carbocycles. The Morgan fingerprint density at radius 2 is 2.03 bits per heavy atom. The van der Waals surface area contributed by atoms with Gasteiger partial charge in [-0.25, -0.2) is 9.78 Å². The van der Waals surface area contributed by atoms with E-state index >= 15 is 0 Å². The topological polar surface area (TPSA) is 117 Å². The third-order valence-electron chi connectivity index (χ3n) is 6.65. The first kappa shape index (κ1) is 26.0. The monoisotopic (exact) mass is 515 g/mol. The normalized spacial score (nSPS) is 18.5. The highest BCUT2D eigenvalue weighted by atomic mass is 35.5. The summed E-state index contributed by atoms with van der Waals surface area (Å²) in [5.74, 6) is 1.15. The molecule has 1 aliphatic rings. The molecular formula is C25H34ClN7O3. The van der Waals surface area contributed by atoms with Gasteiger partial charge in [0, 0.05) is 39.4 Å². The van der Waals surface area contributed by atoms with Crippen molar-refractivity contribution in [2.75, 3.05) is 30.4 Å². The highest BCUT2D eigenvalue weighted by Gasteiger charge is 2.30. The molecule has 2 aromatic heterocycles. The van der Waals surface area contributed by atoms with Crippen LogP contribution in [0.15, 0.2) is 29.2 Å². The van der Waals surface area contributed by atoms with Gasteiger partial charge >= 0.3 is 5.69 Å². The highest BCUT2D eigenvalue weighted by Crippen LogP contribution is 2.30. The summed E-state index contributed by atoms with van der Waals surface area (Å²) in [5.41, 5.74) is 1.23. The number of aryl methyl sites for hydroxylation is 2.